The molecule has 3 heterocycles. The molecule has 148 valence electrons. The van der Waals surface area contributed by atoms with Gasteiger partial charge in [0.1, 0.15) is 0 Å². The number of H-pyrrole nitrogens is 1. The zero-order valence-electron chi connectivity index (χ0n) is 16.5. The number of hydrogen-bond acceptors (Lipinski definition) is 3. The Morgan fingerprint density at radius 3 is 2.83 bits per heavy atom. The average molecular weight is 412 g/mol. The van der Waals surface area contributed by atoms with E-state index in [2.05, 4.69) is 58.1 Å². The molecule has 5 heteroatoms. The molecule has 2 aromatic heterocycles. The van der Waals surface area contributed by atoms with Gasteiger partial charge in [0.25, 0.3) is 5.91 Å². The van der Waals surface area contributed by atoms with Crippen molar-refractivity contribution in [2.45, 2.75) is 32.4 Å². The van der Waals surface area contributed by atoms with Crippen LogP contribution in [0.15, 0.2) is 58.9 Å². The van der Waals surface area contributed by atoms with Gasteiger partial charge in [0.15, 0.2) is 0 Å². The summed E-state index contributed by atoms with van der Waals surface area (Å²) < 4.78 is 0. The molecular formula is C25H21N3OS. The number of hydrogen-bond donors (Lipinski definition) is 2. The fourth-order valence-electron chi connectivity index (χ4n) is 4.64. The third kappa shape index (κ3) is 2.89. The number of carbonyl (C=O) groups excluding carboxylic acids is 1. The number of benzene rings is 2. The first-order valence-corrected chi connectivity index (χ1v) is 11.3. The minimum atomic E-state index is 0.0288. The van der Waals surface area contributed by atoms with Crippen LogP contribution in [0.1, 0.15) is 44.9 Å². The summed E-state index contributed by atoms with van der Waals surface area (Å²) >= 11 is 1.76. The van der Waals surface area contributed by atoms with Crippen LogP contribution < -0.4 is 5.32 Å². The summed E-state index contributed by atoms with van der Waals surface area (Å²) in [5.41, 5.74) is 9.20. The zero-order valence-corrected chi connectivity index (χ0v) is 17.3. The maximum atomic E-state index is 11.8. The smallest absolute Gasteiger partial charge is 0.251 e. The van der Waals surface area contributed by atoms with E-state index in [4.69, 9.17) is 4.99 Å². The SMILES string of the molecule is O=C1NCc2cc(-c3ccc4[nH]c5c(c4c3)CCC/C5=N\Cc3cccs3)ccc21. The Kier molecular flexibility index (Phi) is 4.09. The Hall–Kier alpha value is -3.18. The highest BCUT2D eigenvalue weighted by atomic mass is 32.1. The minimum Gasteiger partial charge on any atom is -0.353 e. The zero-order chi connectivity index (χ0) is 20.1. The molecule has 2 aliphatic rings. The van der Waals surface area contributed by atoms with Gasteiger partial charge in [-0.05, 0) is 77.2 Å². The summed E-state index contributed by atoms with van der Waals surface area (Å²) in [4.78, 5) is 21.7. The summed E-state index contributed by atoms with van der Waals surface area (Å²) in [6.45, 7) is 1.38. The van der Waals surface area contributed by atoms with Gasteiger partial charge in [-0.25, -0.2) is 0 Å². The molecule has 2 aromatic carbocycles. The van der Waals surface area contributed by atoms with Crippen LogP contribution in [0.4, 0.5) is 0 Å². The van der Waals surface area contributed by atoms with Gasteiger partial charge in [-0.3, -0.25) is 9.79 Å². The van der Waals surface area contributed by atoms with Gasteiger partial charge in [-0.2, -0.15) is 0 Å². The number of aryl methyl sites for hydroxylation is 1. The maximum absolute atomic E-state index is 11.8. The van der Waals surface area contributed by atoms with Crippen molar-refractivity contribution in [2.24, 2.45) is 4.99 Å². The molecule has 4 aromatic rings. The molecule has 0 unspecified atom stereocenters. The van der Waals surface area contributed by atoms with Crippen molar-refractivity contribution in [3.63, 3.8) is 0 Å². The van der Waals surface area contributed by atoms with E-state index in [9.17, 15) is 4.79 Å². The highest BCUT2D eigenvalue weighted by Crippen LogP contribution is 2.34. The van der Waals surface area contributed by atoms with Crippen molar-refractivity contribution >= 4 is 33.9 Å². The molecule has 0 atom stereocenters. The predicted octanol–water partition coefficient (Wildman–Crippen LogP) is 5.47. The van der Waals surface area contributed by atoms with Crippen molar-refractivity contribution in [2.75, 3.05) is 0 Å². The van der Waals surface area contributed by atoms with Gasteiger partial charge in [-0.15, -0.1) is 11.3 Å². The fourth-order valence-corrected chi connectivity index (χ4v) is 5.26. The van der Waals surface area contributed by atoms with Crippen molar-refractivity contribution < 1.29 is 4.79 Å². The Labute approximate surface area is 178 Å². The van der Waals surface area contributed by atoms with Crippen molar-refractivity contribution in [1.82, 2.24) is 10.3 Å². The van der Waals surface area contributed by atoms with Crippen LogP contribution in [-0.2, 0) is 19.5 Å². The third-order valence-corrected chi connectivity index (χ3v) is 7.02. The van der Waals surface area contributed by atoms with Crippen LogP contribution in [0.3, 0.4) is 0 Å². The van der Waals surface area contributed by atoms with E-state index < -0.39 is 0 Å². The van der Waals surface area contributed by atoms with E-state index in [-0.39, 0.29) is 5.91 Å². The number of rotatable bonds is 3. The van der Waals surface area contributed by atoms with Gasteiger partial charge < -0.3 is 10.3 Å². The second-order valence-electron chi connectivity index (χ2n) is 7.99. The minimum absolute atomic E-state index is 0.0288. The molecule has 0 fully saturated rings. The molecule has 1 amide bonds. The van der Waals surface area contributed by atoms with Gasteiger partial charge in [0, 0.05) is 27.9 Å². The lowest BCUT2D eigenvalue weighted by Crippen LogP contribution is -2.12. The van der Waals surface area contributed by atoms with Crippen LogP contribution in [-0.4, -0.2) is 16.6 Å². The Morgan fingerprint density at radius 2 is 1.93 bits per heavy atom. The lowest BCUT2D eigenvalue weighted by Gasteiger charge is -2.14. The second kappa shape index (κ2) is 6.96. The number of aromatic nitrogens is 1. The summed E-state index contributed by atoms with van der Waals surface area (Å²) in [7, 11) is 0. The van der Waals surface area contributed by atoms with Crippen molar-refractivity contribution in [3.8, 4) is 11.1 Å². The van der Waals surface area contributed by atoms with E-state index in [1.807, 2.05) is 6.07 Å². The standard InChI is InChI=1S/C25H21N3OS/c29-25-19-8-6-15(11-17(19)13-27-25)16-7-9-22-21(12-16)20-4-1-5-23(24(20)28-22)26-14-18-3-2-10-30-18/h2-3,6-12,28H,1,4-5,13-14H2,(H,27,29)/b26-23+. The Morgan fingerprint density at radius 1 is 1.03 bits per heavy atom. The number of nitrogens with zero attached hydrogens (tertiary/aromatic N) is 1. The summed E-state index contributed by atoms with van der Waals surface area (Å²) in [5, 5.41) is 6.30. The molecule has 6 rings (SSSR count). The van der Waals surface area contributed by atoms with Crippen LogP contribution in [0.5, 0.6) is 0 Å². The van der Waals surface area contributed by atoms with E-state index >= 15 is 0 Å². The molecule has 0 radical (unpaired) electrons. The molecule has 0 spiro atoms. The molecule has 0 saturated carbocycles. The fraction of sp³-hybridized carbons (Fsp3) is 0.200. The van der Waals surface area contributed by atoms with E-state index in [1.54, 1.807) is 11.3 Å². The van der Waals surface area contributed by atoms with Crippen molar-refractivity contribution in [3.05, 3.63) is 81.2 Å². The first kappa shape index (κ1) is 17.7. The van der Waals surface area contributed by atoms with Gasteiger partial charge >= 0.3 is 0 Å². The predicted molar refractivity (Wildman–Crippen MR) is 122 cm³/mol. The quantitative estimate of drug-likeness (QED) is 0.462. The highest BCUT2D eigenvalue weighted by Gasteiger charge is 2.22. The Balaban J connectivity index is 1.40. The molecule has 0 bridgehead atoms. The van der Waals surface area contributed by atoms with Gasteiger partial charge in [-0.1, -0.05) is 18.2 Å². The largest absolute Gasteiger partial charge is 0.353 e. The first-order chi connectivity index (χ1) is 14.8. The van der Waals surface area contributed by atoms with Crippen molar-refractivity contribution in [1.29, 1.82) is 0 Å². The summed E-state index contributed by atoms with van der Waals surface area (Å²) in [5.74, 6) is 0.0288. The molecule has 0 saturated heterocycles. The summed E-state index contributed by atoms with van der Waals surface area (Å²) in [6, 6.07) is 17.0. The lowest BCUT2D eigenvalue weighted by atomic mass is 9.92. The highest BCUT2D eigenvalue weighted by molar-refractivity contribution is 7.09. The van der Waals surface area contributed by atoms with E-state index in [0.29, 0.717) is 6.54 Å². The molecule has 30 heavy (non-hydrogen) atoms. The number of nitrogens with one attached hydrogen (secondary N) is 2. The maximum Gasteiger partial charge on any atom is 0.251 e. The molecule has 4 nitrogen and oxygen atoms in total. The number of aromatic amines is 1. The number of fused-ring (bicyclic) bond motifs is 4. The third-order valence-electron chi connectivity index (χ3n) is 6.16. The van der Waals surface area contributed by atoms with Crippen LogP contribution >= 0.6 is 11.3 Å². The van der Waals surface area contributed by atoms with E-state index in [1.165, 1.54) is 38.3 Å². The molecular weight excluding hydrogens is 390 g/mol. The van der Waals surface area contributed by atoms with Crippen LogP contribution in [0.25, 0.3) is 22.0 Å². The number of carbonyl (C=O) groups is 1. The number of amides is 1. The monoisotopic (exact) mass is 411 g/mol. The lowest BCUT2D eigenvalue weighted by molar-refractivity contribution is 0.0966. The molecule has 1 aliphatic carbocycles. The van der Waals surface area contributed by atoms with Gasteiger partial charge in [0.05, 0.1) is 18.0 Å². The average Bonchev–Trinajstić information content (AvgIpc) is 3.51. The van der Waals surface area contributed by atoms with Crippen LogP contribution in [0, 0.1) is 0 Å². The Bertz CT molecular complexity index is 1310. The van der Waals surface area contributed by atoms with Crippen LogP contribution in [0.2, 0.25) is 0 Å². The van der Waals surface area contributed by atoms with E-state index in [0.717, 1.165) is 42.5 Å². The van der Waals surface area contributed by atoms with Gasteiger partial charge in [0.2, 0.25) is 0 Å². The number of aliphatic imine (C=N–C) groups is 1. The second-order valence-corrected chi connectivity index (χ2v) is 9.02. The topological polar surface area (TPSA) is 57.2 Å². The molecule has 1 aliphatic heterocycles. The normalized spacial score (nSPS) is 16.7. The first-order valence-electron chi connectivity index (χ1n) is 10.4. The number of thiophene rings is 1. The molecule has 2 N–H and O–H groups in total. The summed E-state index contributed by atoms with van der Waals surface area (Å²) in [6.07, 6.45) is 3.25.